The average Bonchev–Trinajstić information content (AvgIpc) is 2.90. The molecule has 0 saturated carbocycles. The molecule has 0 aliphatic carbocycles. The normalized spacial score (nSPS) is 16.6. The van der Waals surface area contributed by atoms with Crippen LogP contribution in [0.2, 0.25) is 0 Å². The van der Waals surface area contributed by atoms with E-state index in [1.54, 1.807) is 6.07 Å². The van der Waals surface area contributed by atoms with E-state index in [-0.39, 0.29) is 36.7 Å². The zero-order valence-corrected chi connectivity index (χ0v) is 13.8. The van der Waals surface area contributed by atoms with Crippen LogP contribution in [0.25, 0.3) is 0 Å². The lowest BCUT2D eigenvalue weighted by Gasteiger charge is -2.33. The second-order valence-electron chi connectivity index (χ2n) is 4.88. The molecular weight excluding hydrogens is 317 g/mol. The summed E-state index contributed by atoms with van der Waals surface area (Å²) < 4.78 is 5.40. The van der Waals surface area contributed by atoms with E-state index in [1.165, 1.54) is 6.07 Å². The molecule has 1 aliphatic heterocycles. The maximum Gasteiger partial charge on any atom is 0.433 e. The Morgan fingerprint density at radius 3 is 2.57 bits per heavy atom. The van der Waals surface area contributed by atoms with Gasteiger partial charge in [-0.15, -0.1) is 24.8 Å². The minimum Gasteiger partial charge on any atom is -0.404 e. The zero-order valence-electron chi connectivity index (χ0n) is 12.1. The van der Waals surface area contributed by atoms with Crippen LogP contribution >= 0.6 is 24.8 Å². The fourth-order valence-corrected chi connectivity index (χ4v) is 2.52. The summed E-state index contributed by atoms with van der Waals surface area (Å²) in [6.07, 6.45) is 3.20. The molecule has 0 amide bonds. The van der Waals surface area contributed by atoms with Gasteiger partial charge >= 0.3 is 5.88 Å². The summed E-state index contributed by atoms with van der Waals surface area (Å²) in [5.74, 6) is 0.564. The number of hydrogen-bond donors (Lipinski definition) is 1. The highest BCUT2D eigenvalue weighted by Crippen LogP contribution is 2.30. The lowest BCUT2D eigenvalue weighted by Crippen LogP contribution is -2.45. The first kappa shape index (κ1) is 20.2. The Bertz CT molecular complexity index is 423. The van der Waals surface area contributed by atoms with Gasteiger partial charge in [0.05, 0.1) is 12.1 Å². The predicted molar refractivity (Wildman–Crippen MR) is 86.6 cm³/mol. The Morgan fingerprint density at radius 1 is 1.38 bits per heavy atom. The van der Waals surface area contributed by atoms with Gasteiger partial charge in [0.15, 0.2) is 0 Å². The highest BCUT2D eigenvalue weighted by molar-refractivity contribution is 5.85. The van der Waals surface area contributed by atoms with Crippen molar-refractivity contribution in [2.75, 3.05) is 26.2 Å². The maximum absolute atomic E-state index is 10.7. The lowest BCUT2D eigenvalue weighted by atomic mass is 10.0. The van der Waals surface area contributed by atoms with Gasteiger partial charge in [-0.3, -0.25) is 15.0 Å². The summed E-state index contributed by atoms with van der Waals surface area (Å²) in [5, 5.41) is 14.0. The van der Waals surface area contributed by atoms with Crippen LogP contribution in [0.4, 0.5) is 5.88 Å². The van der Waals surface area contributed by atoms with Crippen molar-refractivity contribution in [1.82, 2.24) is 10.2 Å². The minimum absolute atomic E-state index is 0. The second kappa shape index (κ2) is 10.00. The molecule has 0 bridgehead atoms. The summed E-state index contributed by atoms with van der Waals surface area (Å²) in [6, 6.07) is 3.37. The van der Waals surface area contributed by atoms with Crippen LogP contribution < -0.4 is 5.32 Å². The number of piperazine rings is 1. The second-order valence-corrected chi connectivity index (χ2v) is 4.88. The highest BCUT2D eigenvalue weighted by Gasteiger charge is 2.26. The molecule has 122 valence electrons. The Balaban J connectivity index is 0.00000200. The summed E-state index contributed by atoms with van der Waals surface area (Å²) in [4.78, 5) is 12.6. The quantitative estimate of drug-likeness (QED) is 0.636. The average molecular weight is 340 g/mol. The topological polar surface area (TPSA) is 71.5 Å². The minimum atomic E-state index is -0.474. The van der Waals surface area contributed by atoms with Crippen molar-refractivity contribution in [1.29, 1.82) is 0 Å². The number of nitrogens with zero attached hydrogens (tertiary/aromatic N) is 2. The first-order valence-electron chi connectivity index (χ1n) is 6.91. The Hall–Kier alpha value is -0.820. The smallest absolute Gasteiger partial charge is 0.404 e. The Labute approximate surface area is 137 Å². The van der Waals surface area contributed by atoms with Crippen LogP contribution in [-0.4, -0.2) is 36.0 Å². The number of nitro groups is 1. The monoisotopic (exact) mass is 339 g/mol. The van der Waals surface area contributed by atoms with Crippen LogP contribution in [0.1, 0.15) is 38.0 Å². The molecule has 21 heavy (non-hydrogen) atoms. The largest absolute Gasteiger partial charge is 0.433 e. The molecule has 1 fully saturated rings. The molecule has 1 N–H and O–H groups in total. The summed E-state index contributed by atoms with van der Waals surface area (Å²) >= 11 is 0. The van der Waals surface area contributed by atoms with Crippen molar-refractivity contribution in [3.63, 3.8) is 0 Å². The van der Waals surface area contributed by atoms with Gasteiger partial charge in [0.2, 0.25) is 0 Å². The van der Waals surface area contributed by atoms with E-state index in [0.29, 0.717) is 0 Å². The summed E-state index contributed by atoms with van der Waals surface area (Å²) in [7, 11) is 0. The molecule has 1 atom stereocenters. The van der Waals surface area contributed by atoms with Crippen molar-refractivity contribution in [3.8, 4) is 0 Å². The van der Waals surface area contributed by atoms with E-state index < -0.39 is 4.92 Å². The molecule has 1 aromatic rings. The third kappa shape index (κ3) is 5.47. The molecule has 2 heterocycles. The highest BCUT2D eigenvalue weighted by atomic mass is 35.5. The SMILES string of the molecule is CCCC[C@H](c1ccc([N+](=O)[O-])o1)N1CCNCC1.Cl.Cl. The fraction of sp³-hybridized carbons (Fsp3) is 0.692. The van der Waals surface area contributed by atoms with Crippen molar-refractivity contribution in [2.24, 2.45) is 0 Å². The number of hydrogen-bond acceptors (Lipinski definition) is 5. The van der Waals surface area contributed by atoms with Gasteiger partial charge in [0.1, 0.15) is 10.7 Å². The Kier molecular flexibility index (Phi) is 9.61. The van der Waals surface area contributed by atoms with Gasteiger partial charge < -0.3 is 9.73 Å². The molecule has 0 spiro atoms. The van der Waals surface area contributed by atoms with Crippen molar-refractivity contribution in [2.45, 2.75) is 32.2 Å². The molecule has 1 aliphatic rings. The van der Waals surface area contributed by atoms with E-state index >= 15 is 0 Å². The number of halogens is 2. The van der Waals surface area contributed by atoms with E-state index in [4.69, 9.17) is 4.42 Å². The van der Waals surface area contributed by atoms with E-state index in [9.17, 15) is 10.1 Å². The molecule has 1 saturated heterocycles. The van der Waals surface area contributed by atoms with E-state index in [1.807, 2.05) is 0 Å². The zero-order chi connectivity index (χ0) is 13.7. The molecule has 0 aromatic carbocycles. The van der Waals surface area contributed by atoms with Crippen LogP contribution in [0, 0.1) is 10.1 Å². The van der Waals surface area contributed by atoms with Gasteiger partial charge in [-0.2, -0.15) is 0 Å². The molecule has 2 rings (SSSR count). The first-order chi connectivity index (χ1) is 9.22. The van der Waals surface area contributed by atoms with Crippen LogP contribution in [0.15, 0.2) is 16.5 Å². The van der Waals surface area contributed by atoms with Crippen molar-refractivity contribution in [3.05, 3.63) is 28.0 Å². The molecule has 6 nitrogen and oxygen atoms in total. The van der Waals surface area contributed by atoms with Gasteiger partial charge in [0.25, 0.3) is 0 Å². The van der Waals surface area contributed by atoms with E-state index in [0.717, 1.165) is 51.2 Å². The van der Waals surface area contributed by atoms with Crippen molar-refractivity contribution < 1.29 is 9.34 Å². The van der Waals surface area contributed by atoms with Gasteiger partial charge in [0, 0.05) is 26.2 Å². The number of nitrogens with one attached hydrogen (secondary N) is 1. The Morgan fingerprint density at radius 2 is 2.05 bits per heavy atom. The third-order valence-corrected chi connectivity index (χ3v) is 3.54. The molecule has 1 aromatic heterocycles. The van der Waals surface area contributed by atoms with Crippen LogP contribution in [0.5, 0.6) is 0 Å². The van der Waals surface area contributed by atoms with Gasteiger partial charge in [-0.1, -0.05) is 19.8 Å². The third-order valence-electron chi connectivity index (χ3n) is 3.54. The molecule has 0 unspecified atom stereocenters. The summed E-state index contributed by atoms with van der Waals surface area (Å²) in [6.45, 7) is 6.00. The van der Waals surface area contributed by atoms with Crippen LogP contribution in [-0.2, 0) is 0 Å². The maximum atomic E-state index is 10.7. The van der Waals surface area contributed by atoms with Gasteiger partial charge in [-0.05, 0) is 12.5 Å². The van der Waals surface area contributed by atoms with Crippen molar-refractivity contribution >= 4 is 30.7 Å². The molecular formula is C13H23Cl2N3O3. The summed E-state index contributed by atoms with van der Waals surface area (Å²) in [5.41, 5.74) is 0. The molecule has 8 heteroatoms. The standard InChI is InChI=1S/C13H21N3O3.2ClH/c1-2-3-4-11(15-9-7-14-8-10-15)12-5-6-13(19-12)16(17)18;;/h5-6,11,14H,2-4,7-10H2,1H3;2*1H/t11-;;/m1../s1. The van der Waals surface area contributed by atoms with E-state index in [2.05, 4.69) is 17.1 Å². The number of rotatable bonds is 6. The predicted octanol–water partition coefficient (Wildman–Crippen LogP) is 3.17. The van der Waals surface area contributed by atoms with Gasteiger partial charge in [-0.25, -0.2) is 0 Å². The first-order valence-corrected chi connectivity index (χ1v) is 6.91. The number of furan rings is 1. The molecule has 0 radical (unpaired) electrons. The lowest BCUT2D eigenvalue weighted by molar-refractivity contribution is -0.402. The fourth-order valence-electron chi connectivity index (χ4n) is 2.52. The van der Waals surface area contributed by atoms with Crippen LogP contribution in [0.3, 0.4) is 0 Å². The number of unbranched alkanes of at least 4 members (excludes halogenated alkanes) is 1.